The lowest BCUT2D eigenvalue weighted by Gasteiger charge is -2.22. The van der Waals surface area contributed by atoms with Gasteiger partial charge in [0.05, 0.1) is 40.7 Å². The van der Waals surface area contributed by atoms with Crippen molar-refractivity contribution in [2.75, 3.05) is 13.2 Å². The molecule has 178 valence electrons. The summed E-state index contributed by atoms with van der Waals surface area (Å²) in [6.07, 6.45) is 0. The average Bonchev–Trinajstić information content (AvgIpc) is 2.68. The molecule has 1 aromatic heterocycles. The fourth-order valence-corrected chi connectivity index (χ4v) is 3.12. The number of nitrogens with zero attached hydrogens (tertiary/aromatic N) is 2. The molecule has 1 heterocycles. The van der Waals surface area contributed by atoms with Crippen molar-refractivity contribution in [1.29, 1.82) is 0 Å². The zero-order valence-corrected chi connectivity index (χ0v) is 20.6. The third kappa shape index (κ3) is 6.84. The van der Waals surface area contributed by atoms with Crippen molar-refractivity contribution in [2.24, 2.45) is 10.8 Å². The van der Waals surface area contributed by atoms with Gasteiger partial charge in [-0.15, -0.1) is 0 Å². The molecule has 0 aliphatic carbocycles. The Bertz CT molecular complexity index is 1020. The first kappa shape index (κ1) is 26.0. The van der Waals surface area contributed by atoms with Crippen molar-refractivity contribution in [2.45, 2.75) is 55.4 Å². The van der Waals surface area contributed by atoms with Crippen LogP contribution in [0.15, 0.2) is 24.3 Å². The molecule has 2 rings (SSSR count). The fraction of sp³-hybridized carbons (Fsp3) is 0.480. The maximum absolute atomic E-state index is 13.2. The smallest absolute Gasteiger partial charge is 0.340 e. The van der Waals surface area contributed by atoms with Gasteiger partial charge in [-0.05, 0) is 30.2 Å². The van der Waals surface area contributed by atoms with Crippen molar-refractivity contribution in [1.82, 2.24) is 4.98 Å². The quantitative estimate of drug-likeness (QED) is 0.312. The fourth-order valence-electron chi connectivity index (χ4n) is 3.12. The molecule has 0 bridgehead atoms. The average molecular weight is 457 g/mol. The van der Waals surface area contributed by atoms with Gasteiger partial charge in [0, 0.05) is 17.7 Å². The Morgan fingerprint density at radius 1 is 0.909 bits per heavy atom. The maximum atomic E-state index is 13.2. The molecule has 0 radical (unpaired) electrons. The lowest BCUT2D eigenvalue weighted by atomic mass is 9.92. The SMILES string of the molecule is Cc1nc(C)c(C(=O)OCC(C)(C)C)c(-c2cccc([N+](=O)[O-])c2)c1C(=O)OCC(C)(C)C. The van der Waals surface area contributed by atoms with E-state index in [1.54, 1.807) is 19.9 Å². The van der Waals surface area contributed by atoms with Crippen LogP contribution in [0.2, 0.25) is 0 Å². The van der Waals surface area contributed by atoms with E-state index >= 15 is 0 Å². The first-order valence-corrected chi connectivity index (χ1v) is 10.7. The topological polar surface area (TPSA) is 109 Å². The number of carbonyl (C=O) groups excluding carboxylic acids is 2. The Labute approximate surface area is 194 Å². The predicted molar refractivity (Wildman–Crippen MR) is 125 cm³/mol. The molecule has 33 heavy (non-hydrogen) atoms. The zero-order valence-electron chi connectivity index (χ0n) is 20.6. The number of ether oxygens (including phenoxy) is 2. The van der Waals surface area contributed by atoms with Crippen molar-refractivity contribution in [3.05, 3.63) is 56.9 Å². The van der Waals surface area contributed by atoms with Gasteiger partial charge in [0.2, 0.25) is 0 Å². The number of hydrogen-bond acceptors (Lipinski definition) is 7. The highest BCUT2D eigenvalue weighted by Gasteiger charge is 2.30. The van der Waals surface area contributed by atoms with Crippen LogP contribution in [0.1, 0.15) is 73.6 Å². The Morgan fingerprint density at radius 2 is 1.36 bits per heavy atom. The van der Waals surface area contributed by atoms with Gasteiger partial charge in [0.1, 0.15) is 0 Å². The molecule has 0 fully saturated rings. The highest BCUT2D eigenvalue weighted by molar-refractivity contribution is 6.07. The number of esters is 2. The van der Waals surface area contributed by atoms with Crippen LogP contribution in [0.3, 0.4) is 0 Å². The molecule has 0 N–H and O–H groups in total. The van der Waals surface area contributed by atoms with Crippen LogP contribution in [0.5, 0.6) is 0 Å². The van der Waals surface area contributed by atoms with Gasteiger partial charge >= 0.3 is 11.9 Å². The van der Waals surface area contributed by atoms with Crippen molar-refractivity contribution < 1.29 is 24.0 Å². The minimum atomic E-state index is -0.652. The minimum Gasteiger partial charge on any atom is -0.461 e. The van der Waals surface area contributed by atoms with Crippen LogP contribution in [0, 0.1) is 34.8 Å². The molecule has 0 saturated heterocycles. The first-order valence-electron chi connectivity index (χ1n) is 10.7. The molecule has 0 saturated carbocycles. The minimum absolute atomic E-state index is 0.0908. The van der Waals surface area contributed by atoms with Crippen LogP contribution in [0.4, 0.5) is 5.69 Å². The monoisotopic (exact) mass is 456 g/mol. The number of aromatic nitrogens is 1. The number of nitro groups is 1. The van der Waals surface area contributed by atoms with Gasteiger partial charge in [0.15, 0.2) is 0 Å². The van der Waals surface area contributed by atoms with Gasteiger partial charge in [0.25, 0.3) is 5.69 Å². The summed E-state index contributed by atoms with van der Waals surface area (Å²) in [5.41, 5.74) is 0.748. The normalized spacial score (nSPS) is 11.8. The summed E-state index contributed by atoms with van der Waals surface area (Å²) in [7, 11) is 0. The van der Waals surface area contributed by atoms with E-state index in [4.69, 9.17) is 9.47 Å². The molecule has 1 aromatic carbocycles. The summed E-state index contributed by atoms with van der Waals surface area (Å²) < 4.78 is 11.1. The lowest BCUT2D eigenvalue weighted by molar-refractivity contribution is -0.384. The first-order chi connectivity index (χ1) is 15.1. The van der Waals surface area contributed by atoms with Crippen molar-refractivity contribution in [3.8, 4) is 11.1 Å². The zero-order chi connectivity index (χ0) is 25.1. The molecule has 0 unspecified atom stereocenters. The van der Waals surface area contributed by atoms with E-state index in [-0.39, 0.29) is 46.4 Å². The Balaban J connectivity index is 2.76. The highest BCUT2D eigenvalue weighted by Crippen LogP contribution is 2.34. The molecule has 0 aliphatic heterocycles. The molecular formula is C25H32N2O6. The Hall–Kier alpha value is -3.29. The molecule has 8 heteroatoms. The Morgan fingerprint density at radius 3 is 1.76 bits per heavy atom. The number of pyridine rings is 1. The second kappa shape index (κ2) is 9.68. The summed E-state index contributed by atoms with van der Waals surface area (Å²) >= 11 is 0. The van der Waals surface area contributed by atoms with E-state index in [1.807, 2.05) is 41.5 Å². The van der Waals surface area contributed by atoms with E-state index in [1.165, 1.54) is 18.2 Å². The van der Waals surface area contributed by atoms with Crippen LogP contribution >= 0.6 is 0 Å². The summed E-state index contributed by atoms with van der Waals surface area (Å²) in [5.74, 6) is -1.30. The molecule has 8 nitrogen and oxygen atoms in total. The predicted octanol–water partition coefficient (Wildman–Crippen LogP) is 5.68. The summed E-state index contributed by atoms with van der Waals surface area (Å²) in [6.45, 7) is 15.2. The van der Waals surface area contributed by atoms with Crippen LogP contribution in [-0.4, -0.2) is 35.1 Å². The van der Waals surface area contributed by atoms with Gasteiger partial charge in [-0.1, -0.05) is 53.7 Å². The largest absolute Gasteiger partial charge is 0.461 e. The van der Waals surface area contributed by atoms with Crippen molar-refractivity contribution >= 4 is 17.6 Å². The standard InChI is InChI=1S/C25H32N2O6/c1-15-19(22(28)32-13-24(3,4)5)21(17-10-9-11-18(12-17)27(30)31)20(16(2)26-15)23(29)33-14-25(6,7)8/h9-12H,13-14H2,1-8H3. The number of aryl methyl sites for hydroxylation is 2. The Kier molecular flexibility index (Phi) is 7.62. The number of benzene rings is 1. The molecule has 0 amide bonds. The van der Waals surface area contributed by atoms with Crippen LogP contribution in [0.25, 0.3) is 11.1 Å². The van der Waals surface area contributed by atoms with Crippen LogP contribution < -0.4 is 0 Å². The lowest BCUT2D eigenvalue weighted by Crippen LogP contribution is -2.23. The van der Waals surface area contributed by atoms with E-state index in [0.29, 0.717) is 17.0 Å². The van der Waals surface area contributed by atoms with E-state index in [9.17, 15) is 19.7 Å². The summed E-state index contributed by atoms with van der Waals surface area (Å²) in [5, 5.41) is 11.4. The van der Waals surface area contributed by atoms with Crippen molar-refractivity contribution in [3.63, 3.8) is 0 Å². The number of non-ortho nitro benzene ring substituents is 1. The third-order valence-electron chi connectivity index (χ3n) is 4.59. The number of nitro benzene ring substituents is 1. The molecular weight excluding hydrogens is 424 g/mol. The van der Waals surface area contributed by atoms with Crippen LogP contribution in [-0.2, 0) is 9.47 Å². The number of rotatable bonds is 6. The molecule has 0 aliphatic rings. The van der Waals surface area contributed by atoms with E-state index in [2.05, 4.69) is 4.98 Å². The van der Waals surface area contributed by atoms with Gasteiger partial charge in [-0.2, -0.15) is 0 Å². The second-order valence-corrected chi connectivity index (χ2v) is 10.5. The molecule has 0 spiro atoms. The number of hydrogen-bond donors (Lipinski definition) is 0. The molecule has 2 aromatic rings. The van der Waals surface area contributed by atoms with E-state index < -0.39 is 16.9 Å². The third-order valence-corrected chi connectivity index (χ3v) is 4.59. The second-order valence-electron chi connectivity index (χ2n) is 10.5. The highest BCUT2D eigenvalue weighted by atomic mass is 16.6. The van der Waals surface area contributed by atoms with Gasteiger partial charge in [-0.25, -0.2) is 9.59 Å². The number of carbonyl (C=O) groups is 2. The summed E-state index contributed by atoms with van der Waals surface area (Å²) in [4.78, 5) is 41.6. The van der Waals surface area contributed by atoms with Gasteiger partial charge in [-0.3, -0.25) is 15.1 Å². The maximum Gasteiger partial charge on any atom is 0.340 e. The van der Waals surface area contributed by atoms with E-state index in [0.717, 1.165) is 0 Å². The van der Waals surface area contributed by atoms with Gasteiger partial charge < -0.3 is 9.47 Å². The molecule has 0 atom stereocenters. The summed E-state index contributed by atoms with van der Waals surface area (Å²) in [6, 6.07) is 5.80.